The lowest BCUT2D eigenvalue weighted by molar-refractivity contribution is 0.319. The van der Waals surface area contributed by atoms with Gasteiger partial charge < -0.3 is 0 Å². The highest BCUT2D eigenvalue weighted by Crippen LogP contribution is 2.16. The molecule has 0 aliphatic heterocycles. The molecule has 0 amide bonds. The van der Waals surface area contributed by atoms with Gasteiger partial charge in [0.05, 0.1) is 0 Å². The van der Waals surface area contributed by atoms with E-state index in [1.165, 1.54) is 5.56 Å². The van der Waals surface area contributed by atoms with Gasteiger partial charge >= 0.3 is 0 Å². The molecular weight excluding hydrogens is 267 g/mol. The van der Waals surface area contributed by atoms with Gasteiger partial charge in [-0.05, 0) is 30.8 Å². The Labute approximate surface area is 117 Å². The van der Waals surface area contributed by atoms with Crippen LogP contribution in [0, 0.1) is 0 Å². The first-order valence-corrected chi connectivity index (χ1v) is 6.43. The molecule has 1 heterocycles. The molecule has 2 rings (SSSR count). The number of halogens is 2. The molecule has 1 aromatic carbocycles. The normalized spacial score (nSPS) is 10.9. The maximum atomic E-state index is 6.04. The van der Waals surface area contributed by atoms with E-state index in [0.717, 1.165) is 23.7 Å². The minimum Gasteiger partial charge on any atom is -0.298 e. The molecule has 1 aromatic heterocycles. The molecule has 94 valence electrons. The lowest BCUT2D eigenvalue weighted by Crippen LogP contribution is -2.17. The molecular formula is C14H14Cl2N2. The van der Waals surface area contributed by atoms with Crippen molar-refractivity contribution in [2.45, 2.75) is 13.1 Å². The summed E-state index contributed by atoms with van der Waals surface area (Å²) in [5.74, 6) is 0. The second kappa shape index (κ2) is 6.19. The van der Waals surface area contributed by atoms with Gasteiger partial charge in [-0.15, -0.1) is 0 Å². The van der Waals surface area contributed by atoms with Crippen LogP contribution in [0.4, 0.5) is 0 Å². The van der Waals surface area contributed by atoms with Crippen LogP contribution in [0.25, 0.3) is 0 Å². The third kappa shape index (κ3) is 3.70. The van der Waals surface area contributed by atoms with E-state index in [4.69, 9.17) is 23.2 Å². The van der Waals surface area contributed by atoms with Crippen molar-refractivity contribution in [1.82, 2.24) is 9.88 Å². The largest absolute Gasteiger partial charge is 0.298 e. The predicted octanol–water partition coefficient (Wildman–Crippen LogP) is 4.02. The highest BCUT2D eigenvalue weighted by Gasteiger charge is 2.05. The quantitative estimate of drug-likeness (QED) is 0.787. The van der Waals surface area contributed by atoms with E-state index in [0.29, 0.717) is 5.15 Å². The monoisotopic (exact) mass is 280 g/mol. The summed E-state index contributed by atoms with van der Waals surface area (Å²) >= 11 is 12.0. The highest BCUT2D eigenvalue weighted by atomic mass is 35.5. The van der Waals surface area contributed by atoms with E-state index in [-0.39, 0.29) is 0 Å². The van der Waals surface area contributed by atoms with Gasteiger partial charge in [-0.3, -0.25) is 4.90 Å². The third-order valence-corrected chi connectivity index (χ3v) is 3.19. The van der Waals surface area contributed by atoms with Gasteiger partial charge in [0.2, 0.25) is 0 Å². The Balaban J connectivity index is 2.01. The lowest BCUT2D eigenvalue weighted by Gasteiger charge is -2.17. The van der Waals surface area contributed by atoms with Gasteiger partial charge in [-0.1, -0.05) is 41.4 Å². The first-order chi connectivity index (χ1) is 8.65. The Kier molecular flexibility index (Phi) is 4.59. The van der Waals surface area contributed by atoms with Gasteiger partial charge in [-0.2, -0.15) is 0 Å². The van der Waals surface area contributed by atoms with Crippen molar-refractivity contribution in [3.05, 3.63) is 63.9 Å². The van der Waals surface area contributed by atoms with E-state index < -0.39 is 0 Å². The van der Waals surface area contributed by atoms with Crippen molar-refractivity contribution < 1.29 is 0 Å². The topological polar surface area (TPSA) is 16.1 Å². The Bertz CT molecular complexity index is 529. The Morgan fingerprint density at radius 3 is 2.67 bits per heavy atom. The summed E-state index contributed by atoms with van der Waals surface area (Å²) in [6.07, 6.45) is 1.70. The minimum absolute atomic E-state index is 0.565. The van der Waals surface area contributed by atoms with E-state index in [1.54, 1.807) is 6.20 Å². The molecule has 0 fully saturated rings. The van der Waals surface area contributed by atoms with Crippen LogP contribution in [0.3, 0.4) is 0 Å². The number of rotatable bonds is 4. The van der Waals surface area contributed by atoms with Gasteiger partial charge in [0.15, 0.2) is 0 Å². The Morgan fingerprint density at radius 2 is 1.94 bits per heavy atom. The number of benzene rings is 1. The second-order valence-corrected chi connectivity index (χ2v) is 5.05. The number of hydrogen-bond acceptors (Lipinski definition) is 2. The zero-order valence-electron chi connectivity index (χ0n) is 10.1. The number of aromatic nitrogens is 1. The van der Waals surface area contributed by atoms with Crippen molar-refractivity contribution in [2.75, 3.05) is 7.05 Å². The first kappa shape index (κ1) is 13.3. The van der Waals surface area contributed by atoms with Crippen LogP contribution < -0.4 is 0 Å². The van der Waals surface area contributed by atoms with E-state index in [2.05, 4.69) is 16.0 Å². The number of pyridine rings is 1. The van der Waals surface area contributed by atoms with Crippen molar-refractivity contribution >= 4 is 23.2 Å². The molecule has 0 radical (unpaired) electrons. The molecule has 2 nitrogen and oxygen atoms in total. The zero-order valence-corrected chi connectivity index (χ0v) is 11.6. The summed E-state index contributed by atoms with van der Waals surface area (Å²) in [7, 11) is 2.05. The van der Waals surface area contributed by atoms with E-state index in [1.807, 2.05) is 37.4 Å². The standard InChI is InChI=1S/C14H14Cl2N2/c1-18(9-11-4-2-6-13(15)8-11)10-12-5-3-7-17-14(12)16/h2-8H,9-10H2,1H3. The van der Waals surface area contributed by atoms with Crippen LogP contribution in [0.15, 0.2) is 42.6 Å². The van der Waals surface area contributed by atoms with Gasteiger partial charge in [0.25, 0.3) is 0 Å². The maximum Gasteiger partial charge on any atom is 0.133 e. The molecule has 0 N–H and O–H groups in total. The molecule has 0 saturated carbocycles. The molecule has 4 heteroatoms. The van der Waals surface area contributed by atoms with Crippen LogP contribution in [0.5, 0.6) is 0 Å². The van der Waals surface area contributed by atoms with Crippen LogP contribution in [-0.2, 0) is 13.1 Å². The van der Waals surface area contributed by atoms with Gasteiger partial charge in [0.1, 0.15) is 5.15 Å². The van der Waals surface area contributed by atoms with Crippen LogP contribution in [-0.4, -0.2) is 16.9 Å². The molecule has 0 spiro atoms. The fourth-order valence-corrected chi connectivity index (χ4v) is 2.22. The average molecular weight is 281 g/mol. The summed E-state index contributed by atoms with van der Waals surface area (Å²) in [5, 5.41) is 1.33. The fourth-order valence-electron chi connectivity index (χ4n) is 1.83. The fraction of sp³-hybridized carbons (Fsp3) is 0.214. The average Bonchev–Trinajstić information content (AvgIpc) is 2.32. The van der Waals surface area contributed by atoms with Crippen molar-refractivity contribution in [3.63, 3.8) is 0 Å². The smallest absolute Gasteiger partial charge is 0.133 e. The molecule has 0 unspecified atom stereocenters. The number of nitrogens with zero attached hydrogens (tertiary/aromatic N) is 2. The third-order valence-electron chi connectivity index (χ3n) is 2.62. The molecule has 0 atom stereocenters. The zero-order chi connectivity index (χ0) is 13.0. The molecule has 18 heavy (non-hydrogen) atoms. The van der Waals surface area contributed by atoms with Gasteiger partial charge in [0, 0.05) is 29.9 Å². The minimum atomic E-state index is 0.565. The summed E-state index contributed by atoms with van der Waals surface area (Å²) in [4.78, 5) is 6.25. The van der Waals surface area contributed by atoms with Crippen LogP contribution in [0.1, 0.15) is 11.1 Å². The van der Waals surface area contributed by atoms with E-state index >= 15 is 0 Å². The molecule has 0 aliphatic carbocycles. The van der Waals surface area contributed by atoms with Crippen molar-refractivity contribution in [1.29, 1.82) is 0 Å². The maximum absolute atomic E-state index is 6.04. The van der Waals surface area contributed by atoms with Crippen molar-refractivity contribution in [2.24, 2.45) is 0 Å². The molecule has 2 aromatic rings. The summed E-state index contributed by atoms with van der Waals surface area (Å²) in [5.41, 5.74) is 2.22. The van der Waals surface area contributed by atoms with E-state index in [9.17, 15) is 0 Å². The Morgan fingerprint density at radius 1 is 1.11 bits per heavy atom. The summed E-state index contributed by atoms with van der Waals surface area (Å²) in [6.45, 7) is 1.59. The SMILES string of the molecule is CN(Cc1cccc(Cl)c1)Cc1cccnc1Cl. The van der Waals surface area contributed by atoms with Crippen molar-refractivity contribution in [3.8, 4) is 0 Å². The Hall–Kier alpha value is -1.09. The second-order valence-electron chi connectivity index (χ2n) is 4.26. The van der Waals surface area contributed by atoms with Crippen LogP contribution >= 0.6 is 23.2 Å². The predicted molar refractivity (Wildman–Crippen MR) is 75.9 cm³/mol. The molecule has 0 aliphatic rings. The molecule has 0 bridgehead atoms. The number of hydrogen-bond donors (Lipinski definition) is 0. The van der Waals surface area contributed by atoms with Crippen LogP contribution in [0.2, 0.25) is 10.2 Å². The lowest BCUT2D eigenvalue weighted by atomic mass is 10.2. The van der Waals surface area contributed by atoms with Gasteiger partial charge in [-0.25, -0.2) is 4.98 Å². The summed E-state index contributed by atoms with van der Waals surface area (Å²) in [6, 6.07) is 11.8. The highest BCUT2D eigenvalue weighted by molar-refractivity contribution is 6.30. The first-order valence-electron chi connectivity index (χ1n) is 5.67. The molecule has 0 saturated heterocycles. The summed E-state index contributed by atoms with van der Waals surface area (Å²) < 4.78 is 0.